The van der Waals surface area contributed by atoms with Crippen LogP contribution in [0.25, 0.3) is 0 Å². The van der Waals surface area contributed by atoms with Gasteiger partial charge in [-0.1, -0.05) is 12.1 Å². The Labute approximate surface area is 167 Å². The highest BCUT2D eigenvalue weighted by molar-refractivity contribution is 7.18. The number of ether oxygens (including phenoxy) is 3. The molecule has 150 valence electrons. The largest absolute Gasteiger partial charge is 0.484 e. The minimum Gasteiger partial charge on any atom is -0.484 e. The number of esters is 2. The fourth-order valence-corrected chi connectivity index (χ4v) is 3.56. The normalized spacial score (nSPS) is 10.3. The first kappa shape index (κ1) is 21.4. The van der Waals surface area contributed by atoms with Crippen LogP contribution in [-0.2, 0) is 14.3 Å². The minimum atomic E-state index is -0.610. The lowest BCUT2D eigenvalue weighted by Crippen LogP contribution is -2.21. The molecule has 0 saturated heterocycles. The summed E-state index contributed by atoms with van der Waals surface area (Å²) in [5, 5.41) is 2.87. The molecule has 0 saturated carbocycles. The van der Waals surface area contributed by atoms with Gasteiger partial charge in [0.25, 0.3) is 5.91 Å². The van der Waals surface area contributed by atoms with E-state index in [1.807, 2.05) is 25.1 Å². The standard InChI is InChI=1S/C20H23NO6S/c1-5-25-19(23)16-13(4)17(20(24)26-6-2)28-18(16)21-15(22)11-27-14-9-7-8-12(3)10-14/h7-10H,5-6,11H2,1-4H3,(H,21,22). The molecular weight excluding hydrogens is 382 g/mol. The van der Waals surface area contributed by atoms with Gasteiger partial charge in [-0.3, -0.25) is 4.79 Å². The molecule has 0 aliphatic heterocycles. The SMILES string of the molecule is CCOC(=O)c1sc(NC(=O)COc2cccc(C)c2)c(C(=O)OCC)c1C. The van der Waals surface area contributed by atoms with E-state index in [4.69, 9.17) is 14.2 Å². The van der Waals surface area contributed by atoms with E-state index in [0.29, 0.717) is 11.3 Å². The second kappa shape index (κ2) is 9.89. The Morgan fingerprint density at radius 1 is 1.04 bits per heavy atom. The molecule has 0 spiro atoms. The van der Waals surface area contributed by atoms with Crippen molar-refractivity contribution in [3.63, 3.8) is 0 Å². The molecule has 1 amide bonds. The molecule has 0 aliphatic carbocycles. The summed E-state index contributed by atoms with van der Waals surface area (Å²) < 4.78 is 15.6. The van der Waals surface area contributed by atoms with Gasteiger partial charge in [-0.05, 0) is 51.0 Å². The van der Waals surface area contributed by atoms with Crippen LogP contribution in [0, 0.1) is 13.8 Å². The van der Waals surface area contributed by atoms with Crippen LogP contribution in [0.4, 0.5) is 5.00 Å². The predicted octanol–water partition coefficient (Wildman–Crippen LogP) is 3.74. The topological polar surface area (TPSA) is 90.9 Å². The molecule has 2 rings (SSSR count). The van der Waals surface area contributed by atoms with Gasteiger partial charge >= 0.3 is 11.9 Å². The van der Waals surface area contributed by atoms with Gasteiger partial charge in [0.05, 0.1) is 18.8 Å². The molecule has 1 aromatic heterocycles. The highest BCUT2D eigenvalue weighted by atomic mass is 32.1. The number of benzene rings is 1. The molecule has 0 aliphatic rings. The molecule has 1 N–H and O–H groups in total. The summed E-state index contributed by atoms with van der Waals surface area (Å²) in [6, 6.07) is 7.31. The summed E-state index contributed by atoms with van der Waals surface area (Å²) >= 11 is 0.978. The van der Waals surface area contributed by atoms with Gasteiger partial charge in [0, 0.05) is 0 Å². The quantitative estimate of drug-likeness (QED) is 0.673. The summed E-state index contributed by atoms with van der Waals surface area (Å²) in [5.74, 6) is -1.05. The number of carbonyl (C=O) groups excluding carboxylic acids is 3. The predicted molar refractivity (Wildman–Crippen MR) is 106 cm³/mol. The third-order valence-corrected chi connectivity index (χ3v) is 4.89. The molecule has 0 unspecified atom stereocenters. The van der Waals surface area contributed by atoms with Gasteiger partial charge in [-0.15, -0.1) is 11.3 Å². The van der Waals surface area contributed by atoms with Crippen molar-refractivity contribution in [3.8, 4) is 5.75 Å². The molecule has 1 heterocycles. The van der Waals surface area contributed by atoms with Crippen LogP contribution in [0.2, 0.25) is 0 Å². The molecule has 7 nitrogen and oxygen atoms in total. The maximum Gasteiger partial charge on any atom is 0.348 e. The first-order valence-electron chi connectivity index (χ1n) is 8.84. The van der Waals surface area contributed by atoms with E-state index < -0.39 is 17.8 Å². The van der Waals surface area contributed by atoms with E-state index in [-0.39, 0.29) is 35.3 Å². The van der Waals surface area contributed by atoms with Gasteiger partial charge in [-0.2, -0.15) is 0 Å². The third kappa shape index (κ3) is 5.32. The average molecular weight is 405 g/mol. The van der Waals surface area contributed by atoms with Gasteiger partial charge in [0.2, 0.25) is 0 Å². The van der Waals surface area contributed by atoms with Gasteiger partial charge in [0.15, 0.2) is 6.61 Å². The zero-order valence-corrected chi connectivity index (χ0v) is 17.1. The lowest BCUT2D eigenvalue weighted by molar-refractivity contribution is -0.118. The van der Waals surface area contributed by atoms with E-state index in [1.165, 1.54) is 0 Å². The number of rotatable bonds is 8. The summed E-state index contributed by atoms with van der Waals surface area (Å²) in [6.07, 6.45) is 0. The summed E-state index contributed by atoms with van der Waals surface area (Å²) in [4.78, 5) is 37.0. The van der Waals surface area contributed by atoms with E-state index in [1.54, 1.807) is 26.8 Å². The van der Waals surface area contributed by atoms with Crippen molar-refractivity contribution in [1.29, 1.82) is 0 Å². The van der Waals surface area contributed by atoms with Crippen molar-refractivity contribution < 1.29 is 28.6 Å². The maximum atomic E-state index is 12.3. The highest BCUT2D eigenvalue weighted by Gasteiger charge is 2.27. The molecule has 0 atom stereocenters. The third-order valence-electron chi connectivity index (χ3n) is 3.70. The van der Waals surface area contributed by atoms with Crippen LogP contribution >= 0.6 is 11.3 Å². The number of amides is 1. The molecule has 28 heavy (non-hydrogen) atoms. The Balaban J connectivity index is 2.19. The Morgan fingerprint density at radius 2 is 1.71 bits per heavy atom. The van der Waals surface area contributed by atoms with Crippen molar-refractivity contribution in [2.75, 3.05) is 25.1 Å². The lowest BCUT2D eigenvalue weighted by atomic mass is 10.1. The van der Waals surface area contributed by atoms with E-state index in [9.17, 15) is 14.4 Å². The number of anilines is 1. The van der Waals surface area contributed by atoms with Gasteiger partial charge in [0.1, 0.15) is 15.6 Å². The summed E-state index contributed by atoms with van der Waals surface area (Å²) in [6.45, 7) is 7.05. The van der Waals surface area contributed by atoms with Crippen LogP contribution in [0.15, 0.2) is 24.3 Å². The molecule has 0 fully saturated rings. The second-order valence-electron chi connectivity index (χ2n) is 5.85. The Kier molecular flexibility index (Phi) is 7.57. The van der Waals surface area contributed by atoms with Crippen LogP contribution in [0.5, 0.6) is 5.75 Å². The highest BCUT2D eigenvalue weighted by Crippen LogP contribution is 2.34. The van der Waals surface area contributed by atoms with E-state index in [0.717, 1.165) is 16.9 Å². The van der Waals surface area contributed by atoms with Crippen LogP contribution in [0.3, 0.4) is 0 Å². The Bertz CT molecular complexity index is 874. The zero-order chi connectivity index (χ0) is 20.7. The number of hydrogen-bond donors (Lipinski definition) is 1. The van der Waals surface area contributed by atoms with Gasteiger partial charge < -0.3 is 19.5 Å². The zero-order valence-electron chi connectivity index (χ0n) is 16.3. The fourth-order valence-electron chi connectivity index (χ4n) is 2.46. The van der Waals surface area contributed by atoms with E-state index in [2.05, 4.69) is 5.32 Å². The minimum absolute atomic E-state index is 0.152. The van der Waals surface area contributed by atoms with Crippen molar-refractivity contribution in [2.24, 2.45) is 0 Å². The number of hydrogen-bond acceptors (Lipinski definition) is 7. The molecule has 8 heteroatoms. The second-order valence-corrected chi connectivity index (χ2v) is 6.88. The molecule has 0 bridgehead atoms. The van der Waals surface area contributed by atoms with Crippen LogP contribution < -0.4 is 10.1 Å². The molecular formula is C20H23NO6S. The Morgan fingerprint density at radius 3 is 2.36 bits per heavy atom. The van der Waals surface area contributed by atoms with Crippen molar-refractivity contribution >= 4 is 34.2 Å². The smallest absolute Gasteiger partial charge is 0.348 e. The lowest BCUT2D eigenvalue weighted by Gasteiger charge is -2.09. The summed E-state index contributed by atoms with van der Waals surface area (Å²) in [7, 11) is 0. The number of aryl methyl sites for hydroxylation is 1. The number of thiophene rings is 1. The van der Waals surface area contributed by atoms with Crippen molar-refractivity contribution in [2.45, 2.75) is 27.7 Å². The Hall–Kier alpha value is -2.87. The molecule has 0 radical (unpaired) electrons. The van der Waals surface area contributed by atoms with Gasteiger partial charge in [-0.25, -0.2) is 9.59 Å². The summed E-state index contributed by atoms with van der Waals surface area (Å²) in [5.41, 5.74) is 1.58. The number of nitrogens with one attached hydrogen (secondary N) is 1. The van der Waals surface area contributed by atoms with Crippen LogP contribution in [0.1, 0.15) is 45.0 Å². The average Bonchev–Trinajstić information content (AvgIpc) is 2.96. The van der Waals surface area contributed by atoms with Crippen molar-refractivity contribution in [3.05, 3.63) is 45.8 Å². The first-order chi connectivity index (χ1) is 13.4. The van der Waals surface area contributed by atoms with E-state index >= 15 is 0 Å². The fraction of sp³-hybridized carbons (Fsp3) is 0.350. The monoisotopic (exact) mass is 405 g/mol. The van der Waals surface area contributed by atoms with Crippen molar-refractivity contribution in [1.82, 2.24) is 0 Å². The number of carbonyl (C=O) groups is 3. The van der Waals surface area contributed by atoms with Crippen LogP contribution in [-0.4, -0.2) is 37.7 Å². The molecule has 1 aromatic carbocycles. The molecule has 2 aromatic rings. The maximum absolute atomic E-state index is 12.3. The first-order valence-corrected chi connectivity index (χ1v) is 9.65.